The quantitative estimate of drug-likeness (QED) is 0.860. The largest absolute Gasteiger partial charge is 0.342 e. The number of hydrogen-bond acceptors (Lipinski definition) is 5. The second-order valence-corrected chi connectivity index (χ2v) is 8.01. The molecule has 1 N–H and O–H groups in total. The predicted molar refractivity (Wildman–Crippen MR) is 103 cm³/mol. The Labute approximate surface area is 161 Å². The van der Waals surface area contributed by atoms with E-state index in [0.29, 0.717) is 23.1 Å². The third-order valence-electron chi connectivity index (χ3n) is 4.33. The first kappa shape index (κ1) is 18.8. The number of anilines is 1. The molecule has 1 unspecified atom stereocenters. The van der Waals surface area contributed by atoms with Gasteiger partial charge in [-0.25, -0.2) is 4.98 Å². The molecule has 1 saturated heterocycles. The lowest BCUT2D eigenvalue weighted by atomic mass is 9.96. The van der Waals surface area contributed by atoms with Crippen LogP contribution in [0.5, 0.6) is 0 Å². The molecule has 0 spiro atoms. The third kappa shape index (κ3) is 4.22. The van der Waals surface area contributed by atoms with Gasteiger partial charge in [-0.3, -0.25) is 14.6 Å². The lowest BCUT2D eigenvalue weighted by Crippen LogP contribution is -2.45. The molecule has 3 rings (SSSR count). The number of rotatable bonds is 4. The molecule has 2 aromatic rings. The Bertz CT molecular complexity index is 794. The summed E-state index contributed by atoms with van der Waals surface area (Å²) in [6.45, 7) is 4.92. The first-order valence-corrected chi connectivity index (χ1v) is 9.81. The van der Waals surface area contributed by atoms with Gasteiger partial charge in [0.15, 0.2) is 5.15 Å². The highest BCUT2D eigenvalue weighted by molar-refractivity contribution is 7.19. The molecule has 1 fully saturated rings. The number of piperidine rings is 1. The molecular weight excluding hydrogens is 372 g/mol. The fourth-order valence-corrected chi connectivity index (χ4v) is 4.11. The van der Waals surface area contributed by atoms with Gasteiger partial charge in [-0.15, -0.1) is 0 Å². The fourth-order valence-electron chi connectivity index (χ4n) is 2.96. The molecule has 2 aromatic heterocycles. The number of nitrogens with one attached hydrogen (secondary N) is 1. The molecule has 0 bridgehead atoms. The molecule has 1 atom stereocenters. The normalized spacial score (nSPS) is 17.4. The number of likely N-dealkylation sites (tertiary alicyclic amines) is 1. The van der Waals surface area contributed by atoms with Crippen molar-refractivity contribution in [2.75, 3.05) is 18.4 Å². The zero-order chi connectivity index (χ0) is 18.7. The summed E-state index contributed by atoms with van der Waals surface area (Å²) in [6, 6.07) is 3.72. The van der Waals surface area contributed by atoms with E-state index in [2.05, 4.69) is 15.3 Å². The number of thiazole rings is 1. The number of carbonyl (C=O) groups is 2. The van der Waals surface area contributed by atoms with Crippen molar-refractivity contribution in [3.05, 3.63) is 29.7 Å². The van der Waals surface area contributed by atoms with Gasteiger partial charge in [-0.1, -0.05) is 36.8 Å². The highest BCUT2D eigenvalue weighted by Gasteiger charge is 2.30. The lowest BCUT2D eigenvalue weighted by Gasteiger charge is -2.33. The molecule has 2 amide bonds. The van der Waals surface area contributed by atoms with Crippen LogP contribution in [0.15, 0.2) is 24.5 Å². The maximum atomic E-state index is 12.7. The molecular formula is C18H21ClN4O2S. The summed E-state index contributed by atoms with van der Waals surface area (Å²) in [4.78, 5) is 35.0. The molecule has 3 heterocycles. The van der Waals surface area contributed by atoms with Crippen molar-refractivity contribution in [3.8, 4) is 10.6 Å². The van der Waals surface area contributed by atoms with Crippen molar-refractivity contribution < 1.29 is 9.59 Å². The number of hydrogen-bond donors (Lipinski definition) is 1. The Morgan fingerprint density at radius 2 is 2.23 bits per heavy atom. The summed E-state index contributed by atoms with van der Waals surface area (Å²) < 4.78 is 0. The van der Waals surface area contributed by atoms with Crippen LogP contribution in [0.25, 0.3) is 10.6 Å². The van der Waals surface area contributed by atoms with Gasteiger partial charge in [0, 0.05) is 37.0 Å². The molecule has 0 radical (unpaired) electrons. The maximum Gasteiger partial charge on any atom is 0.229 e. The highest BCUT2D eigenvalue weighted by atomic mass is 35.5. The van der Waals surface area contributed by atoms with Crippen LogP contribution in [0.3, 0.4) is 0 Å². The Morgan fingerprint density at radius 3 is 2.92 bits per heavy atom. The van der Waals surface area contributed by atoms with Crippen LogP contribution in [0, 0.1) is 11.8 Å². The van der Waals surface area contributed by atoms with Gasteiger partial charge in [0.2, 0.25) is 11.8 Å². The van der Waals surface area contributed by atoms with Crippen molar-refractivity contribution in [1.82, 2.24) is 14.9 Å². The van der Waals surface area contributed by atoms with Crippen LogP contribution in [-0.4, -0.2) is 39.8 Å². The molecule has 26 heavy (non-hydrogen) atoms. The monoisotopic (exact) mass is 392 g/mol. The van der Waals surface area contributed by atoms with E-state index in [4.69, 9.17) is 11.6 Å². The summed E-state index contributed by atoms with van der Waals surface area (Å²) in [5.41, 5.74) is 0.853. The maximum absolute atomic E-state index is 12.7. The van der Waals surface area contributed by atoms with Crippen LogP contribution >= 0.6 is 22.9 Å². The van der Waals surface area contributed by atoms with Crippen LogP contribution in [0.4, 0.5) is 5.00 Å². The van der Waals surface area contributed by atoms with E-state index in [1.54, 1.807) is 17.3 Å². The third-order valence-corrected chi connectivity index (χ3v) is 5.73. The van der Waals surface area contributed by atoms with Gasteiger partial charge in [0.1, 0.15) is 10.0 Å². The molecule has 8 heteroatoms. The predicted octanol–water partition coefficient (Wildman–Crippen LogP) is 3.69. The number of carbonyl (C=O) groups excluding carboxylic acids is 2. The van der Waals surface area contributed by atoms with E-state index in [0.717, 1.165) is 18.4 Å². The van der Waals surface area contributed by atoms with Crippen molar-refractivity contribution in [1.29, 1.82) is 0 Å². The van der Waals surface area contributed by atoms with E-state index >= 15 is 0 Å². The minimum Gasteiger partial charge on any atom is -0.342 e. The summed E-state index contributed by atoms with van der Waals surface area (Å²) in [5.74, 6) is -0.312. The van der Waals surface area contributed by atoms with Gasteiger partial charge in [-0.05, 0) is 25.0 Å². The molecule has 1 aliphatic rings. The van der Waals surface area contributed by atoms with E-state index in [-0.39, 0.29) is 28.8 Å². The molecule has 0 aliphatic carbocycles. The Hall–Kier alpha value is -1.99. The number of aromatic nitrogens is 2. The van der Waals surface area contributed by atoms with Gasteiger partial charge < -0.3 is 10.2 Å². The van der Waals surface area contributed by atoms with Crippen molar-refractivity contribution in [2.45, 2.75) is 26.7 Å². The number of amides is 2. The Balaban J connectivity index is 1.68. The van der Waals surface area contributed by atoms with Gasteiger partial charge in [0.25, 0.3) is 0 Å². The Morgan fingerprint density at radius 1 is 1.42 bits per heavy atom. The van der Waals surface area contributed by atoms with Gasteiger partial charge in [-0.2, -0.15) is 0 Å². The van der Waals surface area contributed by atoms with Gasteiger partial charge in [0.05, 0.1) is 5.92 Å². The molecule has 0 saturated carbocycles. The lowest BCUT2D eigenvalue weighted by molar-refractivity contribution is -0.137. The minimum atomic E-state index is -0.230. The SMILES string of the molecule is CC(C)C(=O)N1CCCC(C(=O)Nc2sc(-c3cccnc3)nc2Cl)C1. The standard InChI is InChI=1S/C18H21ClN4O2S/c1-11(2)18(25)23-8-4-6-13(10-23)15(24)22-17-14(19)21-16(26-17)12-5-3-7-20-9-12/h3,5,7,9,11,13H,4,6,8,10H2,1-2H3,(H,22,24). The number of pyridine rings is 1. The van der Waals surface area contributed by atoms with Crippen LogP contribution < -0.4 is 5.32 Å². The van der Waals surface area contributed by atoms with E-state index in [1.165, 1.54) is 11.3 Å². The summed E-state index contributed by atoms with van der Waals surface area (Å²) in [6.07, 6.45) is 4.99. The van der Waals surface area contributed by atoms with Gasteiger partial charge >= 0.3 is 0 Å². The number of nitrogens with zero attached hydrogens (tertiary/aromatic N) is 3. The van der Waals surface area contributed by atoms with E-state index < -0.39 is 0 Å². The minimum absolute atomic E-state index is 0.0604. The molecule has 138 valence electrons. The average molecular weight is 393 g/mol. The second kappa shape index (κ2) is 8.14. The zero-order valence-corrected chi connectivity index (χ0v) is 16.3. The fraction of sp³-hybridized carbons (Fsp3) is 0.444. The van der Waals surface area contributed by atoms with Crippen molar-refractivity contribution in [2.24, 2.45) is 11.8 Å². The first-order valence-electron chi connectivity index (χ1n) is 8.62. The van der Waals surface area contributed by atoms with Crippen LogP contribution in [0.1, 0.15) is 26.7 Å². The molecule has 0 aromatic carbocycles. The summed E-state index contributed by atoms with van der Waals surface area (Å²) in [7, 11) is 0. The van der Waals surface area contributed by atoms with Crippen LogP contribution in [-0.2, 0) is 9.59 Å². The van der Waals surface area contributed by atoms with Crippen molar-refractivity contribution in [3.63, 3.8) is 0 Å². The molecule has 6 nitrogen and oxygen atoms in total. The van der Waals surface area contributed by atoms with E-state index in [1.807, 2.05) is 26.0 Å². The molecule has 1 aliphatic heterocycles. The first-order chi connectivity index (χ1) is 12.5. The average Bonchev–Trinajstić information content (AvgIpc) is 3.02. The topological polar surface area (TPSA) is 75.2 Å². The zero-order valence-electron chi connectivity index (χ0n) is 14.7. The Kier molecular flexibility index (Phi) is 5.88. The second-order valence-electron chi connectivity index (χ2n) is 6.65. The summed E-state index contributed by atoms with van der Waals surface area (Å²) in [5, 5.41) is 4.39. The number of halogens is 1. The van der Waals surface area contributed by atoms with Crippen molar-refractivity contribution >= 4 is 39.8 Å². The van der Waals surface area contributed by atoms with Crippen LogP contribution in [0.2, 0.25) is 5.15 Å². The highest BCUT2D eigenvalue weighted by Crippen LogP contribution is 2.35. The van der Waals surface area contributed by atoms with E-state index in [9.17, 15) is 9.59 Å². The summed E-state index contributed by atoms with van der Waals surface area (Å²) >= 11 is 7.52. The smallest absolute Gasteiger partial charge is 0.229 e.